The van der Waals surface area contributed by atoms with E-state index in [1.165, 1.54) is 10.5 Å². The molecule has 1 atom stereocenters. The third-order valence-electron chi connectivity index (χ3n) is 5.81. The van der Waals surface area contributed by atoms with Crippen LogP contribution in [0.5, 0.6) is 0 Å². The van der Waals surface area contributed by atoms with Crippen molar-refractivity contribution in [2.24, 2.45) is 0 Å². The molecule has 6 nitrogen and oxygen atoms in total. The molecule has 0 radical (unpaired) electrons. The lowest BCUT2D eigenvalue weighted by molar-refractivity contribution is -0.144. The molecular formula is C26H29N3O3S. The Bertz CT molecular complexity index is 1220. The number of thiazole rings is 1. The SMILES string of the molecule is CCCC(=O)N(C1CC(=O)N(c2ccc(-c3nc4ccc(C)cc4s3)cc2)C1=O)C(C)(C)C. The average molecular weight is 464 g/mol. The molecule has 1 saturated heterocycles. The molecule has 1 fully saturated rings. The van der Waals surface area contributed by atoms with E-state index in [-0.39, 0.29) is 24.1 Å². The summed E-state index contributed by atoms with van der Waals surface area (Å²) < 4.78 is 1.13. The number of carbonyl (C=O) groups is 3. The fourth-order valence-electron chi connectivity index (χ4n) is 4.35. The number of aryl methyl sites for hydroxylation is 1. The highest BCUT2D eigenvalue weighted by atomic mass is 32.1. The maximum atomic E-state index is 13.3. The number of aromatic nitrogens is 1. The molecule has 0 N–H and O–H groups in total. The lowest BCUT2D eigenvalue weighted by atomic mass is 10.0. The molecule has 1 unspecified atom stereocenters. The fraction of sp³-hybridized carbons (Fsp3) is 0.385. The van der Waals surface area contributed by atoms with Crippen molar-refractivity contribution in [2.75, 3.05) is 4.90 Å². The zero-order valence-electron chi connectivity index (χ0n) is 19.7. The van der Waals surface area contributed by atoms with E-state index in [9.17, 15) is 14.4 Å². The van der Waals surface area contributed by atoms with Crippen LogP contribution >= 0.6 is 11.3 Å². The molecule has 0 bridgehead atoms. The zero-order valence-corrected chi connectivity index (χ0v) is 20.5. The van der Waals surface area contributed by atoms with Crippen molar-refractivity contribution in [2.45, 2.75) is 65.5 Å². The van der Waals surface area contributed by atoms with Gasteiger partial charge in [-0.25, -0.2) is 9.88 Å². The number of hydrogen-bond donors (Lipinski definition) is 0. The molecule has 0 saturated carbocycles. The summed E-state index contributed by atoms with van der Waals surface area (Å²) in [7, 11) is 0. The monoisotopic (exact) mass is 463 g/mol. The van der Waals surface area contributed by atoms with Gasteiger partial charge in [0.1, 0.15) is 11.0 Å². The van der Waals surface area contributed by atoms with Crippen LogP contribution in [-0.4, -0.2) is 39.2 Å². The summed E-state index contributed by atoms with van der Waals surface area (Å²) in [6.45, 7) is 9.68. The minimum atomic E-state index is -0.774. The summed E-state index contributed by atoms with van der Waals surface area (Å²) in [4.78, 5) is 46.5. The molecular weight excluding hydrogens is 434 g/mol. The maximum absolute atomic E-state index is 13.3. The van der Waals surface area contributed by atoms with Crippen LogP contribution in [0.25, 0.3) is 20.8 Å². The average Bonchev–Trinajstić information content (AvgIpc) is 3.28. The largest absolute Gasteiger partial charge is 0.325 e. The van der Waals surface area contributed by atoms with Crippen molar-refractivity contribution in [1.82, 2.24) is 9.88 Å². The highest BCUT2D eigenvalue weighted by Crippen LogP contribution is 2.34. The van der Waals surface area contributed by atoms with Crippen LogP contribution in [0, 0.1) is 6.92 Å². The van der Waals surface area contributed by atoms with E-state index in [0.717, 1.165) is 20.8 Å². The van der Waals surface area contributed by atoms with Crippen molar-refractivity contribution in [3.05, 3.63) is 48.0 Å². The number of rotatable bonds is 5. The molecule has 172 valence electrons. The Balaban J connectivity index is 1.60. The number of amides is 3. The summed E-state index contributed by atoms with van der Waals surface area (Å²) in [5.74, 6) is -0.728. The molecule has 3 amide bonds. The van der Waals surface area contributed by atoms with Gasteiger partial charge in [0.15, 0.2) is 0 Å². The van der Waals surface area contributed by atoms with Crippen LogP contribution in [-0.2, 0) is 14.4 Å². The second kappa shape index (κ2) is 8.71. The molecule has 1 aliphatic heterocycles. The Kier molecular flexibility index (Phi) is 6.10. The maximum Gasteiger partial charge on any atom is 0.257 e. The van der Waals surface area contributed by atoms with Gasteiger partial charge in [-0.15, -0.1) is 11.3 Å². The van der Waals surface area contributed by atoms with Gasteiger partial charge in [0, 0.05) is 17.5 Å². The van der Waals surface area contributed by atoms with Crippen LogP contribution in [0.15, 0.2) is 42.5 Å². The third kappa shape index (κ3) is 4.42. The quantitative estimate of drug-likeness (QED) is 0.480. The second-order valence-electron chi connectivity index (χ2n) is 9.51. The normalized spacial score (nSPS) is 16.6. The van der Waals surface area contributed by atoms with Crippen molar-refractivity contribution in [1.29, 1.82) is 0 Å². The van der Waals surface area contributed by atoms with Gasteiger partial charge in [0.2, 0.25) is 11.8 Å². The molecule has 2 heterocycles. The second-order valence-corrected chi connectivity index (χ2v) is 10.5. The molecule has 3 aromatic rings. The van der Waals surface area contributed by atoms with Gasteiger partial charge in [-0.05, 0) is 76.1 Å². The van der Waals surface area contributed by atoms with Crippen LogP contribution in [0.4, 0.5) is 5.69 Å². The van der Waals surface area contributed by atoms with Gasteiger partial charge in [-0.1, -0.05) is 13.0 Å². The highest BCUT2D eigenvalue weighted by molar-refractivity contribution is 7.21. The van der Waals surface area contributed by atoms with Crippen LogP contribution < -0.4 is 4.90 Å². The van der Waals surface area contributed by atoms with Crippen LogP contribution in [0.1, 0.15) is 52.5 Å². The summed E-state index contributed by atoms with van der Waals surface area (Å²) >= 11 is 1.62. The summed E-state index contributed by atoms with van der Waals surface area (Å²) in [5.41, 5.74) is 3.04. The van der Waals surface area contributed by atoms with E-state index in [0.29, 0.717) is 18.5 Å². The van der Waals surface area contributed by atoms with E-state index in [4.69, 9.17) is 4.98 Å². The number of benzene rings is 2. The highest BCUT2D eigenvalue weighted by Gasteiger charge is 2.47. The minimum absolute atomic E-state index is 0.00449. The molecule has 0 spiro atoms. The topological polar surface area (TPSA) is 70.6 Å². The molecule has 2 aromatic carbocycles. The standard InChI is InChI=1S/C26H29N3O3S/c1-6-7-22(30)29(26(3,4)5)20-15-23(31)28(25(20)32)18-11-9-17(10-12-18)24-27-19-13-8-16(2)14-21(19)33-24/h8-14,20H,6-7,15H2,1-5H3. The Morgan fingerprint density at radius 1 is 1.15 bits per heavy atom. The molecule has 33 heavy (non-hydrogen) atoms. The Morgan fingerprint density at radius 3 is 2.48 bits per heavy atom. The van der Waals surface area contributed by atoms with Gasteiger partial charge in [-0.3, -0.25) is 14.4 Å². The summed E-state index contributed by atoms with van der Waals surface area (Å²) in [6, 6.07) is 12.7. The first-order valence-electron chi connectivity index (χ1n) is 11.3. The van der Waals surface area contributed by atoms with Crippen molar-refractivity contribution >= 4 is 45.0 Å². The van der Waals surface area contributed by atoms with Gasteiger partial charge < -0.3 is 4.90 Å². The number of carbonyl (C=O) groups excluding carboxylic acids is 3. The summed E-state index contributed by atoms with van der Waals surface area (Å²) in [6.07, 6.45) is 1.05. The molecule has 7 heteroatoms. The lowest BCUT2D eigenvalue weighted by Gasteiger charge is -2.39. The first-order valence-corrected chi connectivity index (χ1v) is 12.1. The minimum Gasteiger partial charge on any atom is -0.325 e. The number of anilines is 1. The third-order valence-corrected chi connectivity index (χ3v) is 6.87. The van der Waals surface area contributed by atoms with Gasteiger partial charge in [-0.2, -0.15) is 0 Å². The summed E-state index contributed by atoms with van der Waals surface area (Å²) in [5, 5.41) is 0.892. The smallest absolute Gasteiger partial charge is 0.257 e. The zero-order chi connectivity index (χ0) is 23.9. The van der Waals surface area contributed by atoms with E-state index in [1.807, 2.05) is 52.0 Å². The number of fused-ring (bicyclic) bond motifs is 1. The Hall–Kier alpha value is -3.06. The molecule has 1 aromatic heterocycles. The van der Waals surface area contributed by atoms with Gasteiger partial charge >= 0.3 is 0 Å². The van der Waals surface area contributed by atoms with E-state index < -0.39 is 11.6 Å². The number of hydrogen-bond acceptors (Lipinski definition) is 5. The first kappa shape index (κ1) is 23.1. The number of nitrogens with zero attached hydrogens (tertiary/aromatic N) is 3. The van der Waals surface area contributed by atoms with Crippen molar-refractivity contribution in [3.63, 3.8) is 0 Å². The van der Waals surface area contributed by atoms with Gasteiger partial charge in [0.25, 0.3) is 5.91 Å². The fourth-order valence-corrected chi connectivity index (χ4v) is 5.42. The molecule has 1 aliphatic rings. The van der Waals surface area contributed by atoms with Crippen molar-refractivity contribution in [3.8, 4) is 10.6 Å². The first-order chi connectivity index (χ1) is 15.6. The molecule has 4 rings (SSSR count). The lowest BCUT2D eigenvalue weighted by Crippen LogP contribution is -2.54. The molecule has 0 aliphatic carbocycles. The van der Waals surface area contributed by atoms with E-state index >= 15 is 0 Å². The van der Waals surface area contributed by atoms with E-state index in [2.05, 4.69) is 13.0 Å². The van der Waals surface area contributed by atoms with Gasteiger partial charge in [0.05, 0.1) is 22.3 Å². The Morgan fingerprint density at radius 2 is 1.85 bits per heavy atom. The van der Waals surface area contributed by atoms with Crippen LogP contribution in [0.2, 0.25) is 0 Å². The van der Waals surface area contributed by atoms with E-state index in [1.54, 1.807) is 28.4 Å². The Labute approximate surface area is 198 Å². The van der Waals surface area contributed by atoms with Crippen molar-refractivity contribution < 1.29 is 14.4 Å². The number of imide groups is 1. The predicted molar refractivity (Wildman–Crippen MR) is 132 cm³/mol. The predicted octanol–water partition coefficient (Wildman–Crippen LogP) is 5.33. The van der Waals surface area contributed by atoms with Crippen LogP contribution in [0.3, 0.4) is 0 Å².